The van der Waals surface area contributed by atoms with E-state index in [0.29, 0.717) is 0 Å². The zero-order valence-corrected chi connectivity index (χ0v) is 8.05. The quantitative estimate of drug-likeness (QED) is 0.666. The molecular formula is C9H9FN2O4. The molecule has 4 N–H and O–H groups in total. The van der Waals surface area contributed by atoms with Gasteiger partial charge in [-0.3, -0.25) is 0 Å². The number of carboxylic acid groups (broad SMARTS) is 2. The molecule has 0 saturated heterocycles. The summed E-state index contributed by atoms with van der Waals surface area (Å²) in [5.41, 5.74) is 5.51. The van der Waals surface area contributed by atoms with Gasteiger partial charge in [-0.15, -0.1) is 0 Å². The smallest absolute Gasteiger partial charge is 0.417 e. The minimum atomic E-state index is -1.67. The number of benzene rings is 1. The first-order chi connectivity index (χ1) is 7.41. The summed E-state index contributed by atoms with van der Waals surface area (Å²) in [7, 11) is 0. The fourth-order valence-corrected chi connectivity index (χ4v) is 1.10. The second kappa shape index (κ2) is 4.47. The van der Waals surface area contributed by atoms with Crippen LogP contribution in [0.25, 0.3) is 0 Å². The molecule has 0 saturated carbocycles. The van der Waals surface area contributed by atoms with E-state index in [2.05, 4.69) is 0 Å². The summed E-state index contributed by atoms with van der Waals surface area (Å²) in [5.74, 6) is -0.707. The predicted molar refractivity (Wildman–Crippen MR) is 52.4 cm³/mol. The van der Waals surface area contributed by atoms with Gasteiger partial charge in [0, 0.05) is 11.3 Å². The zero-order valence-electron chi connectivity index (χ0n) is 8.05. The lowest BCUT2D eigenvalue weighted by molar-refractivity contribution is 0.120. The van der Waals surface area contributed by atoms with Crippen LogP contribution in [0.2, 0.25) is 0 Å². The van der Waals surface area contributed by atoms with Gasteiger partial charge < -0.3 is 15.9 Å². The van der Waals surface area contributed by atoms with Gasteiger partial charge in [0.2, 0.25) is 0 Å². The molecule has 0 aromatic heterocycles. The Morgan fingerprint density at radius 2 is 1.88 bits per heavy atom. The maximum absolute atomic E-state index is 13.2. The lowest BCUT2D eigenvalue weighted by atomic mass is 10.2. The number of carbonyl (C=O) groups is 2. The van der Waals surface area contributed by atoms with E-state index in [4.69, 9.17) is 15.9 Å². The van der Waals surface area contributed by atoms with Gasteiger partial charge in [-0.25, -0.2) is 18.9 Å². The minimum Gasteiger partial charge on any atom is -0.465 e. The first-order valence-corrected chi connectivity index (χ1v) is 4.19. The van der Waals surface area contributed by atoms with Crippen LogP contribution in [-0.2, 0) is 6.54 Å². The van der Waals surface area contributed by atoms with Crippen molar-refractivity contribution in [3.8, 4) is 0 Å². The standard InChI is InChI=1S/C9H9FN2O4/c10-7-2-1-6(11)3-5(7)4-12(8(13)14)9(15)16/h1-3H,4,11H2,(H,13,14)(H,15,16). The van der Waals surface area contributed by atoms with Crippen LogP contribution in [0.1, 0.15) is 5.56 Å². The number of imide groups is 1. The van der Waals surface area contributed by atoms with Crippen LogP contribution in [0.4, 0.5) is 19.7 Å². The van der Waals surface area contributed by atoms with Crippen molar-refractivity contribution in [2.75, 3.05) is 5.73 Å². The van der Waals surface area contributed by atoms with Crippen LogP contribution in [-0.4, -0.2) is 27.3 Å². The Hall–Kier alpha value is -2.31. The van der Waals surface area contributed by atoms with Crippen molar-refractivity contribution in [1.82, 2.24) is 4.90 Å². The first-order valence-electron chi connectivity index (χ1n) is 4.19. The average molecular weight is 228 g/mol. The zero-order chi connectivity index (χ0) is 12.3. The number of halogens is 1. The number of nitrogens with zero attached hydrogens (tertiary/aromatic N) is 1. The Kier molecular flexibility index (Phi) is 3.29. The van der Waals surface area contributed by atoms with E-state index >= 15 is 0 Å². The van der Waals surface area contributed by atoms with Crippen LogP contribution >= 0.6 is 0 Å². The van der Waals surface area contributed by atoms with Gasteiger partial charge in [0.05, 0.1) is 6.54 Å². The molecule has 16 heavy (non-hydrogen) atoms. The average Bonchev–Trinajstić information content (AvgIpc) is 2.18. The summed E-state index contributed by atoms with van der Waals surface area (Å²) in [5, 5.41) is 17.1. The fraction of sp³-hybridized carbons (Fsp3) is 0.111. The summed E-state index contributed by atoms with van der Waals surface area (Å²) in [6.07, 6.45) is -3.34. The number of rotatable bonds is 2. The maximum Gasteiger partial charge on any atom is 0.417 e. The molecule has 0 bridgehead atoms. The Morgan fingerprint density at radius 1 is 1.31 bits per heavy atom. The van der Waals surface area contributed by atoms with Gasteiger partial charge in [-0.05, 0) is 18.2 Å². The van der Waals surface area contributed by atoms with Gasteiger partial charge in [-0.1, -0.05) is 0 Å². The molecule has 7 heteroatoms. The molecule has 1 aromatic carbocycles. The van der Waals surface area contributed by atoms with E-state index in [9.17, 15) is 14.0 Å². The molecule has 1 aromatic rings. The van der Waals surface area contributed by atoms with Crippen molar-refractivity contribution in [2.45, 2.75) is 6.54 Å². The summed E-state index contributed by atoms with van der Waals surface area (Å²) >= 11 is 0. The number of hydrogen-bond acceptors (Lipinski definition) is 3. The highest BCUT2D eigenvalue weighted by molar-refractivity contribution is 5.85. The number of hydrogen-bond donors (Lipinski definition) is 3. The highest BCUT2D eigenvalue weighted by atomic mass is 19.1. The molecule has 0 unspecified atom stereocenters. The molecular weight excluding hydrogens is 219 g/mol. The Bertz CT molecular complexity index is 422. The van der Waals surface area contributed by atoms with Crippen molar-refractivity contribution in [3.63, 3.8) is 0 Å². The molecule has 1 rings (SSSR count). The molecule has 2 amide bonds. The van der Waals surface area contributed by atoms with Crippen LogP contribution in [0.5, 0.6) is 0 Å². The van der Waals surface area contributed by atoms with Gasteiger partial charge in [-0.2, -0.15) is 0 Å². The van der Waals surface area contributed by atoms with E-state index < -0.39 is 24.5 Å². The second-order valence-electron chi connectivity index (χ2n) is 3.00. The largest absolute Gasteiger partial charge is 0.465 e. The summed E-state index contributed by atoms with van der Waals surface area (Å²) in [6.45, 7) is -0.596. The fourth-order valence-electron chi connectivity index (χ4n) is 1.10. The van der Waals surface area contributed by atoms with Crippen molar-refractivity contribution >= 4 is 17.9 Å². The molecule has 0 atom stereocenters. The molecule has 6 nitrogen and oxygen atoms in total. The topological polar surface area (TPSA) is 104 Å². The highest BCUT2D eigenvalue weighted by Crippen LogP contribution is 2.14. The lowest BCUT2D eigenvalue weighted by Gasteiger charge is -2.13. The predicted octanol–water partition coefficient (Wildman–Crippen LogP) is 1.57. The van der Waals surface area contributed by atoms with Crippen LogP contribution < -0.4 is 5.73 Å². The lowest BCUT2D eigenvalue weighted by Crippen LogP contribution is -2.34. The third-order valence-electron chi connectivity index (χ3n) is 1.86. The highest BCUT2D eigenvalue weighted by Gasteiger charge is 2.21. The van der Waals surface area contributed by atoms with Gasteiger partial charge in [0.25, 0.3) is 0 Å². The van der Waals surface area contributed by atoms with Gasteiger partial charge >= 0.3 is 12.2 Å². The third-order valence-corrected chi connectivity index (χ3v) is 1.86. The van der Waals surface area contributed by atoms with Crippen molar-refractivity contribution in [1.29, 1.82) is 0 Å². The molecule has 0 aliphatic heterocycles. The maximum atomic E-state index is 13.2. The van der Waals surface area contributed by atoms with Crippen LogP contribution in [0.3, 0.4) is 0 Å². The van der Waals surface area contributed by atoms with Crippen molar-refractivity contribution in [3.05, 3.63) is 29.6 Å². The Balaban J connectivity index is 2.97. The molecule has 0 fully saturated rings. The van der Waals surface area contributed by atoms with E-state index in [1.807, 2.05) is 0 Å². The van der Waals surface area contributed by atoms with Crippen molar-refractivity contribution < 1.29 is 24.2 Å². The molecule has 0 aliphatic carbocycles. The molecule has 0 heterocycles. The molecule has 0 radical (unpaired) electrons. The number of amides is 2. The molecule has 0 spiro atoms. The third kappa shape index (κ3) is 2.59. The van der Waals surface area contributed by atoms with Gasteiger partial charge in [0.15, 0.2) is 0 Å². The van der Waals surface area contributed by atoms with Crippen LogP contribution in [0.15, 0.2) is 18.2 Å². The normalized spacial score (nSPS) is 9.81. The number of nitrogen functional groups attached to an aromatic ring is 1. The van der Waals surface area contributed by atoms with E-state index in [1.54, 1.807) is 0 Å². The number of nitrogens with two attached hydrogens (primary N) is 1. The number of anilines is 1. The van der Waals surface area contributed by atoms with Gasteiger partial charge in [0.1, 0.15) is 5.82 Å². The monoisotopic (exact) mass is 228 g/mol. The van der Waals surface area contributed by atoms with E-state index in [-0.39, 0.29) is 16.2 Å². The molecule has 86 valence electrons. The van der Waals surface area contributed by atoms with Crippen LogP contribution in [0, 0.1) is 5.82 Å². The van der Waals surface area contributed by atoms with E-state index in [1.165, 1.54) is 12.1 Å². The Morgan fingerprint density at radius 3 is 2.38 bits per heavy atom. The van der Waals surface area contributed by atoms with E-state index in [0.717, 1.165) is 6.07 Å². The first kappa shape index (κ1) is 11.8. The van der Waals surface area contributed by atoms with Crippen molar-refractivity contribution in [2.24, 2.45) is 0 Å². The summed E-state index contributed by atoms with van der Waals surface area (Å²) < 4.78 is 13.2. The summed E-state index contributed by atoms with van der Waals surface area (Å²) in [4.78, 5) is 21.1. The molecule has 0 aliphatic rings. The minimum absolute atomic E-state index is 0.0673. The SMILES string of the molecule is Nc1ccc(F)c(CN(C(=O)O)C(=O)O)c1. The summed E-state index contributed by atoms with van der Waals surface area (Å²) in [6, 6.07) is 3.53. The Labute approximate surface area is 89.7 Å². The second-order valence-corrected chi connectivity index (χ2v) is 3.00.